The van der Waals surface area contributed by atoms with E-state index in [0.717, 1.165) is 5.56 Å². The first-order valence-electron chi connectivity index (χ1n) is 4.21. The van der Waals surface area contributed by atoms with Gasteiger partial charge in [-0.3, -0.25) is 0 Å². The molecule has 0 aromatic heterocycles. The third-order valence-corrected chi connectivity index (χ3v) is 2.20. The summed E-state index contributed by atoms with van der Waals surface area (Å²) >= 11 is 3.03. The molecule has 0 saturated heterocycles. The van der Waals surface area contributed by atoms with Gasteiger partial charge in [0.05, 0.1) is 11.1 Å². The molecular weight excluding hydrogens is 235 g/mol. The molecule has 13 heavy (non-hydrogen) atoms. The molecule has 0 atom stereocenters. The summed E-state index contributed by atoms with van der Waals surface area (Å²) in [4.78, 5) is 0. The third kappa shape index (κ3) is 3.08. The van der Waals surface area contributed by atoms with Gasteiger partial charge in [0.25, 0.3) is 0 Å². The van der Waals surface area contributed by atoms with Gasteiger partial charge in [-0.25, -0.2) is 4.39 Å². The van der Waals surface area contributed by atoms with Crippen LogP contribution >= 0.6 is 15.9 Å². The maximum Gasteiger partial charge on any atom is 0.143 e. The molecule has 1 aromatic rings. The highest BCUT2D eigenvalue weighted by atomic mass is 79.9. The van der Waals surface area contributed by atoms with Crippen LogP contribution in [0.15, 0.2) is 16.6 Å². The maximum absolute atomic E-state index is 13.1. The molecule has 0 heterocycles. The summed E-state index contributed by atoms with van der Waals surface area (Å²) in [6.45, 7) is 5.51. The molecular formula is C10H14BrFO. The molecule has 0 spiro atoms. The molecule has 3 heteroatoms. The van der Waals surface area contributed by atoms with Gasteiger partial charge in [-0.1, -0.05) is 19.9 Å². The zero-order chi connectivity index (χ0) is 10.4. The molecule has 0 radical (unpaired) electrons. The van der Waals surface area contributed by atoms with Gasteiger partial charge in [-0.2, -0.15) is 0 Å². The van der Waals surface area contributed by atoms with Crippen molar-refractivity contribution in [2.45, 2.75) is 27.4 Å². The van der Waals surface area contributed by atoms with E-state index in [2.05, 4.69) is 15.9 Å². The molecule has 0 aliphatic carbocycles. The standard InChI is InChI=1S/C8H8BrFO.C2H6/c1-5-2-3-7(9)8(10)6(5)4-11;1-2/h2-3,11H,4H2,1H3;1-2H3. The second-order valence-corrected chi connectivity index (χ2v) is 3.17. The van der Waals surface area contributed by atoms with Crippen molar-refractivity contribution < 1.29 is 9.50 Å². The highest BCUT2D eigenvalue weighted by Gasteiger charge is 2.07. The molecule has 1 nitrogen and oxygen atoms in total. The van der Waals surface area contributed by atoms with Crippen molar-refractivity contribution in [2.24, 2.45) is 0 Å². The molecule has 1 rings (SSSR count). The van der Waals surface area contributed by atoms with Crippen molar-refractivity contribution in [3.8, 4) is 0 Å². The second-order valence-electron chi connectivity index (χ2n) is 2.31. The summed E-state index contributed by atoms with van der Waals surface area (Å²) in [6.07, 6.45) is 0. The lowest BCUT2D eigenvalue weighted by Crippen LogP contribution is -1.94. The third-order valence-electron chi connectivity index (χ3n) is 1.59. The Morgan fingerprint density at radius 3 is 2.31 bits per heavy atom. The Balaban J connectivity index is 0.000000671. The Morgan fingerprint density at radius 1 is 1.38 bits per heavy atom. The summed E-state index contributed by atoms with van der Waals surface area (Å²) < 4.78 is 13.5. The minimum atomic E-state index is -0.368. The topological polar surface area (TPSA) is 20.2 Å². The van der Waals surface area contributed by atoms with Crippen molar-refractivity contribution in [3.05, 3.63) is 33.5 Å². The molecule has 1 N–H and O–H groups in total. The molecule has 74 valence electrons. The minimum absolute atomic E-state index is 0.253. The first-order chi connectivity index (χ1) is 6.16. The predicted molar refractivity (Wildman–Crippen MR) is 56.1 cm³/mol. The van der Waals surface area contributed by atoms with E-state index in [4.69, 9.17) is 5.11 Å². The van der Waals surface area contributed by atoms with E-state index in [-0.39, 0.29) is 12.4 Å². The molecule has 0 unspecified atom stereocenters. The lowest BCUT2D eigenvalue weighted by atomic mass is 10.1. The van der Waals surface area contributed by atoms with Crippen LogP contribution in [0.3, 0.4) is 0 Å². The smallest absolute Gasteiger partial charge is 0.143 e. The number of hydrogen-bond donors (Lipinski definition) is 1. The number of rotatable bonds is 1. The number of aliphatic hydroxyl groups excluding tert-OH is 1. The van der Waals surface area contributed by atoms with Crippen LogP contribution in [-0.4, -0.2) is 5.11 Å². The lowest BCUT2D eigenvalue weighted by Gasteiger charge is -2.04. The van der Waals surface area contributed by atoms with Crippen molar-refractivity contribution in [1.29, 1.82) is 0 Å². The molecule has 1 aromatic carbocycles. The van der Waals surface area contributed by atoms with E-state index in [9.17, 15) is 4.39 Å². The van der Waals surface area contributed by atoms with Crippen molar-refractivity contribution in [2.75, 3.05) is 0 Å². The van der Waals surface area contributed by atoms with Gasteiger partial charge in [0.15, 0.2) is 0 Å². The Hall–Kier alpha value is -0.410. The number of halogens is 2. The molecule has 0 bridgehead atoms. The monoisotopic (exact) mass is 248 g/mol. The van der Waals surface area contributed by atoms with Gasteiger partial charge in [0.2, 0.25) is 0 Å². The average Bonchev–Trinajstić information content (AvgIpc) is 2.16. The second kappa shape index (κ2) is 6.11. The minimum Gasteiger partial charge on any atom is -0.392 e. The molecule has 0 aliphatic heterocycles. The van der Waals surface area contributed by atoms with Crippen LogP contribution in [0, 0.1) is 12.7 Å². The van der Waals surface area contributed by atoms with Crippen LogP contribution in [0.1, 0.15) is 25.0 Å². The predicted octanol–water partition coefficient (Wildman–Crippen LogP) is 3.42. The Kier molecular flexibility index (Phi) is 5.91. The zero-order valence-corrected chi connectivity index (χ0v) is 9.65. The summed E-state index contributed by atoms with van der Waals surface area (Å²) in [5.41, 5.74) is 1.13. The Labute approximate surface area is 86.7 Å². The zero-order valence-electron chi connectivity index (χ0n) is 8.06. The van der Waals surface area contributed by atoms with Crippen LogP contribution in [0.5, 0.6) is 0 Å². The summed E-state index contributed by atoms with van der Waals surface area (Å²) in [7, 11) is 0. The lowest BCUT2D eigenvalue weighted by molar-refractivity contribution is 0.274. The van der Waals surface area contributed by atoms with Crippen molar-refractivity contribution >= 4 is 15.9 Å². The molecule has 0 amide bonds. The fraction of sp³-hybridized carbons (Fsp3) is 0.400. The van der Waals surface area contributed by atoms with Crippen LogP contribution in [0.25, 0.3) is 0 Å². The SMILES string of the molecule is CC.Cc1ccc(Br)c(F)c1CO. The average molecular weight is 249 g/mol. The largest absolute Gasteiger partial charge is 0.392 e. The number of benzene rings is 1. The summed E-state index contributed by atoms with van der Waals surface area (Å²) in [5, 5.41) is 8.76. The number of aliphatic hydroxyl groups is 1. The van der Waals surface area contributed by atoms with Crippen LogP contribution in [0.4, 0.5) is 4.39 Å². The van der Waals surface area contributed by atoms with Crippen LogP contribution < -0.4 is 0 Å². The molecule has 0 fully saturated rings. The fourth-order valence-corrected chi connectivity index (χ4v) is 1.25. The van der Waals surface area contributed by atoms with Crippen molar-refractivity contribution in [3.63, 3.8) is 0 Å². The quantitative estimate of drug-likeness (QED) is 0.808. The van der Waals surface area contributed by atoms with Gasteiger partial charge in [0, 0.05) is 5.56 Å². The molecule has 0 saturated carbocycles. The van der Waals surface area contributed by atoms with E-state index in [1.165, 1.54) is 0 Å². The van der Waals surface area contributed by atoms with E-state index in [0.29, 0.717) is 10.0 Å². The van der Waals surface area contributed by atoms with Gasteiger partial charge in [0.1, 0.15) is 5.82 Å². The maximum atomic E-state index is 13.1. The fourth-order valence-electron chi connectivity index (χ4n) is 0.883. The van der Waals surface area contributed by atoms with Crippen LogP contribution in [-0.2, 0) is 6.61 Å². The highest BCUT2D eigenvalue weighted by Crippen LogP contribution is 2.21. The van der Waals surface area contributed by atoms with E-state index in [1.807, 2.05) is 13.8 Å². The number of aryl methyl sites for hydroxylation is 1. The van der Waals surface area contributed by atoms with E-state index >= 15 is 0 Å². The molecule has 0 aliphatic rings. The summed E-state index contributed by atoms with van der Waals surface area (Å²) in [6, 6.07) is 3.39. The van der Waals surface area contributed by atoms with Gasteiger partial charge < -0.3 is 5.11 Å². The summed E-state index contributed by atoms with van der Waals surface area (Å²) in [5.74, 6) is -0.368. The number of hydrogen-bond acceptors (Lipinski definition) is 1. The first kappa shape index (κ1) is 12.6. The first-order valence-corrected chi connectivity index (χ1v) is 5.00. The van der Waals surface area contributed by atoms with Gasteiger partial charge in [-0.05, 0) is 34.5 Å². The highest BCUT2D eigenvalue weighted by molar-refractivity contribution is 9.10. The normalized spacial score (nSPS) is 9.08. The van der Waals surface area contributed by atoms with Gasteiger partial charge in [-0.15, -0.1) is 0 Å². The van der Waals surface area contributed by atoms with Crippen LogP contribution in [0.2, 0.25) is 0 Å². The van der Waals surface area contributed by atoms with E-state index < -0.39 is 0 Å². The van der Waals surface area contributed by atoms with Gasteiger partial charge >= 0.3 is 0 Å². The Bertz CT molecular complexity index is 274. The van der Waals surface area contributed by atoms with Crippen molar-refractivity contribution in [1.82, 2.24) is 0 Å². The Morgan fingerprint density at radius 2 is 1.92 bits per heavy atom. The van der Waals surface area contributed by atoms with E-state index in [1.54, 1.807) is 19.1 Å².